The van der Waals surface area contributed by atoms with Crippen LogP contribution < -0.4 is 10.1 Å². The molecule has 1 heterocycles. The zero-order valence-corrected chi connectivity index (χ0v) is 15.6. The van der Waals surface area contributed by atoms with E-state index in [2.05, 4.69) is 34.2 Å². The Balaban J connectivity index is 1.57. The monoisotopic (exact) mass is 353 g/mol. The van der Waals surface area contributed by atoms with Gasteiger partial charge < -0.3 is 15.0 Å². The van der Waals surface area contributed by atoms with Crippen molar-refractivity contribution in [3.63, 3.8) is 0 Å². The molecule has 1 aliphatic rings. The molecule has 2 aromatic carbocycles. The number of nitrogens with one attached hydrogen (secondary N) is 1. The maximum Gasteiger partial charge on any atom is 0.259 e. The summed E-state index contributed by atoms with van der Waals surface area (Å²) in [6, 6.07) is 15.3. The highest BCUT2D eigenvalue weighted by atomic mass is 16.5. The Morgan fingerprint density at radius 1 is 1.00 bits per heavy atom. The first-order valence-corrected chi connectivity index (χ1v) is 9.17. The molecule has 138 valence electrons. The number of carbonyl (C=O) groups excluding carboxylic acids is 1. The van der Waals surface area contributed by atoms with Gasteiger partial charge in [-0.25, -0.2) is 0 Å². The fourth-order valence-electron chi connectivity index (χ4n) is 3.25. The third-order valence-corrected chi connectivity index (χ3v) is 4.88. The van der Waals surface area contributed by atoms with E-state index < -0.39 is 0 Å². The van der Waals surface area contributed by atoms with E-state index in [4.69, 9.17) is 4.74 Å². The molecule has 1 saturated heterocycles. The fourth-order valence-corrected chi connectivity index (χ4v) is 3.25. The van der Waals surface area contributed by atoms with Crippen LogP contribution >= 0.6 is 0 Å². The largest absolute Gasteiger partial charge is 0.496 e. The molecule has 3 rings (SSSR count). The van der Waals surface area contributed by atoms with Crippen LogP contribution in [0, 0.1) is 0 Å². The van der Waals surface area contributed by atoms with E-state index in [1.54, 1.807) is 19.2 Å². The Morgan fingerprint density at radius 2 is 1.65 bits per heavy atom. The van der Waals surface area contributed by atoms with E-state index in [1.807, 2.05) is 24.3 Å². The molecule has 26 heavy (non-hydrogen) atoms. The maximum absolute atomic E-state index is 12.5. The molecule has 0 bridgehead atoms. The summed E-state index contributed by atoms with van der Waals surface area (Å²) in [5.41, 5.74) is 2.60. The summed E-state index contributed by atoms with van der Waals surface area (Å²) in [5.74, 6) is 0.415. The van der Waals surface area contributed by atoms with Gasteiger partial charge in [-0.2, -0.15) is 0 Å². The highest BCUT2D eigenvalue weighted by Crippen LogP contribution is 2.19. The van der Waals surface area contributed by atoms with Crippen LogP contribution in [0.25, 0.3) is 0 Å². The lowest BCUT2D eigenvalue weighted by atomic mass is 10.1. The molecule has 0 aromatic heterocycles. The molecule has 1 amide bonds. The van der Waals surface area contributed by atoms with Gasteiger partial charge in [-0.05, 0) is 36.4 Å². The number of methoxy groups -OCH3 is 1. The molecule has 1 fully saturated rings. The summed E-state index contributed by atoms with van der Waals surface area (Å²) in [6.45, 7) is 8.81. The third-order valence-electron chi connectivity index (χ3n) is 4.88. The number of amides is 1. The number of hydrogen-bond donors (Lipinski definition) is 1. The minimum Gasteiger partial charge on any atom is -0.496 e. The van der Waals surface area contributed by atoms with Gasteiger partial charge in [0.15, 0.2) is 0 Å². The third kappa shape index (κ3) is 4.62. The summed E-state index contributed by atoms with van der Waals surface area (Å²) in [7, 11) is 1.57. The van der Waals surface area contributed by atoms with Gasteiger partial charge in [0.25, 0.3) is 5.91 Å². The lowest BCUT2D eigenvalue weighted by Gasteiger charge is -2.34. The average molecular weight is 353 g/mol. The second kappa shape index (κ2) is 8.83. The van der Waals surface area contributed by atoms with Crippen molar-refractivity contribution in [2.24, 2.45) is 0 Å². The van der Waals surface area contributed by atoms with E-state index in [-0.39, 0.29) is 5.91 Å². The van der Waals surface area contributed by atoms with Gasteiger partial charge in [-0.1, -0.05) is 31.2 Å². The molecule has 1 aliphatic heterocycles. The van der Waals surface area contributed by atoms with Crippen molar-refractivity contribution in [3.05, 3.63) is 59.7 Å². The first kappa shape index (κ1) is 18.4. The molecule has 1 N–H and O–H groups in total. The molecule has 0 atom stereocenters. The number of likely N-dealkylation sites (N-methyl/N-ethyl adjacent to an activating group) is 1. The van der Waals surface area contributed by atoms with Crippen LogP contribution in [0.3, 0.4) is 0 Å². The summed E-state index contributed by atoms with van der Waals surface area (Å²) >= 11 is 0. The summed E-state index contributed by atoms with van der Waals surface area (Å²) < 4.78 is 5.25. The standard InChI is InChI=1S/C21H27N3O2/c1-3-23-12-14-24(15-13-23)16-17-8-10-18(11-9-17)22-21(25)19-6-4-5-7-20(19)26-2/h4-11H,3,12-16H2,1-2H3,(H,22,25). The number of ether oxygens (including phenoxy) is 1. The molecule has 0 spiro atoms. The second-order valence-corrected chi connectivity index (χ2v) is 6.56. The summed E-state index contributed by atoms with van der Waals surface area (Å²) in [6.07, 6.45) is 0. The molecular weight excluding hydrogens is 326 g/mol. The molecule has 0 unspecified atom stereocenters. The zero-order valence-electron chi connectivity index (χ0n) is 15.6. The van der Waals surface area contributed by atoms with Gasteiger partial charge in [-0.3, -0.25) is 9.69 Å². The van der Waals surface area contributed by atoms with Crippen molar-refractivity contribution in [2.45, 2.75) is 13.5 Å². The molecular formula is C21H27N3O2. The smallest absolute Gasteiger partial charge is 0.259 e. The number of nitrogens with zero attached hydrogens (tertiary/aromatic N) is 2. The lowest BCUT2D eigenvalue weighted by Crippen LogP contribution is -2.45. The number of piperazine rings is 1. The molecule has 0 aliphatic carbocycles. The normalized spacial score (nSPS) is 15.6. The molecule has 5 heteroatoms. The number of hydrogen-bond acceptors (Lipinski definition) is 4. The van der Waals surface area contributed by atoms with Crippen molar-refractivity contribution in [1.29, 1.82) is 0 Å². The predicted octanol–water partition coefficient (Wildman–Crippen LogP) is 3.09. The minimum absolute atomic E-state index is 0.161. The topological polar surface area (TPSA) is 44.8 Å². The van der Waals surface area contributed by atoms with E-state index in [0.717, 1.165) is 45.0 Å². The van der Waals surface area contributed by atoms with Gasteiger partial charge in [-0.15, -0.1) is 0 Å². The Bertz CT molecular complexity index is 722. The highest BCUT2D eigenvalue weighted by Gasteiger charge is 2.15. The van der Waals surface area contributed by atoms with Crippen LogP contribution in [0.5, 0.6) is 5.75 Å². The van der Waals surface area contributed by atoms with Crippen molar-refractivity contribution in [2.75, 3.05) is 45.2 Å². The number of benzene rings is 2. The van der Waals surface area contributed by atoms with Crippen LogP contribution in [0.4, 0.5) is 5.69 Å². The first-order valence-electron chi connectivity index (χ1n) is 9.17. The van der Waals surface area contributed by atoms with Crippen LogP contribution in [-0.4, -0.2) is 55.5 Å². The average Bonchev–Trinajstić information content (AvgIpc) is 2.70. The fraction of sp³-hybridized carbons (Fsp3) is 0.381. The quantitative estimate of drug-likeness (QED) is 0.867. The van der Waals surface area contributed by atoms with Crippen molar-refractivity contribution in [1.82, 2.24) is 9.80 Å². The number of anilines is 1. The Kier molecular flexibility index (Phi) is 6.26. The van der Waals surface area contributed by atoms with Crippen molar-refractivity contribution < 1.29 is 9.53 Å². The second-order valence-electron chi connectivity index (χ2n) is 6.56. The van der Waals surface area contributed by atoms with Gasteiger partial charge in [0, 0.05) is 38.4 Å². The minimum atomic E-state index is -0.161. The molecule has 2 aromatic rings. The SMILES string of the molecule is CCN1CCN(Cc2ccc(NC(=O)c3ccccc3OC)cc2)CC1. The maximum atomic E-state index is 12.5. The Labute approximate surface area is 155 Å². The lowest BCUT2D eigenvalue weighted by molar-refractivity contribution is 0.102. The number of carbonyl (C=O) groups is 1. The molecule has 0 radical (unpaired) electrons. The van der Waals surface area contributed by atoms with Gasteiger partial charge in [0.2, 0.25) is 0 Å². The summed E-state index contributed by atoms with van der Waals surface area (Å²) in [5, 5.41) is 2.94. The van der Waals surface area contributed by atoms with Gasteiger partial charge in [0.05, 0.1) is 12.7 Å². The zero-order chi connectivity index (χ0) is 18.4. The highest BCUT2D eigenvalue weighted by molar-refractivity contribution is 6.06. The number of rotatable bonds is 6. The predicted molar refractivity (Wildman–Crippen MR) is 105 cm³/mol. The van der Waals surface area contributed by atoms with Gasteiger partial charge in [0.1, 0.15) is 5.75 Å². The van der Waals surface area contributed by atoms with Crippen LogP contribution in [0.2, 0.25) is 0 Å². The Hall–Kier alpha value is -2.37. The van der Waals surface area contributed by atoms with Crippen LogP contribution in [-0.2, 0) is 6.54 Å². The number of para-hydroxylation sites is 1. The first-order chi connectivity index (χ1) is 12.7. The van der Waals surface area contributed by atoms with E-state index in [1.165, 1.54) is 5.56 Å². The van der Waals surface area contributed by atoms with Crippen LogP contribution in [0.15, 0.2) is 48.5 Å². The van der Waals surface area contributed by atoms with Crippen molar-refractivity contribution >= 4 is 11.6 Å². The van der Waals surface area contributed by atoms with E-state index >= 15 is 0 Å². The van der Waals surface area contributed by atoms with Crippen LogP contribution in [0.1, 0.15) is 22.8 Å². The summed E-state index contributed by atoms with van der Waals surface area (Å²) in [4.78, 5) is 17.4. The van der Waals surface area contributed by atoms with Crippen molar-refractivity contribution in [3.8, 4) is 5.75 Å². The molecule has 5 nitrogen and oxygen atoms in total. The molecule has 0 saturated carbocycles. The Morgan fingerprint density at radius 3 is 2.31 bits per heavy atom. The van der Waals surface area contributed by atoms with E-state index in [0.29, 0.717) is 11.3 Å². The van der Waals surface area contributed by atoms with E-state index in [9.17, 15) is 4.79 Å². The van der Waals surface area contributed by atoms with Gasteiger partial charge >= 0.3 is 0 Å².